The second-order valence-electron chi connectivity index (χ2n) is 7.27. The normalized spacial score (nSPS) is 25.7. The molecule has 0 spiro atoms. The van der Waals surface area contributed by atoms with Crippen LogP contribution >= 0.6 is 22.6 Å². The monoisotopic (exact) mass is 479 g/mol. The lowest BCUT2D eigenvalue weighted by Gasteiger charge is -2.38. The average molecular weight is 479 g/mol. The molecule has 2 aromatic carbocycles. The Morgan fingerprint density at radius 1 is 1.22 bits per heavy atom. The lowest BCUT2D eigenvalue weighted by molar-refractivity contribution is -0.0978. The van der Waals surface area contributed by atoms with E-state index in [0.717, 1.165) is 22.9 Å². The SMILES string of the molecule is C[C@H]1C[C@@H](COCc2ccccc2)O[C@@H](c2c[nH]c3cc(F)ccc23)C1I. The minimum absolute atomic E-state index is 0.0288. The number of aromatic amines is 1. The van der Waals surface area contributed by atoms with Crippen LogP contribution in [0.1, 0.15) is 30.6 Å². The number of aromatic nitrogens is 1. The zero-order valence-electron chi connectivity index (χ0n) is 15.2. The van der Waals surface area contributed by atoms with Crippen molar-refractivity contribution in [2.75, 3.05) is 6.61 Å². The Hall–Kier alpha value is -1.44. The van der Waals surface area contributed by atoms with Crippen molar-refractivity contribution in [1.82, 2.24) is 4.98 Å². The predicted octanol–water partition coefficient (Wildman–Crippen LogP) is 5.79. The molecule has 1 saturated heterocycles. The van der Waals surface area contributed by atoms with Crippen LogP contribution in [0.2, 0.25) is 0 Å². The fourth-order valence-electron chi connectivity index (χ4n) is 3.77. The van der Waals surface area contributed by atoms with E-state index in [1.165, 1.54) is 17.7 Å². The Kier molecular flexibility index (Phi) is 5.80. The third-order valence-electron chi connectivity index (χ3n) is 5.20. The first-order valence-electron chi connectivity index (χ1n) is 9.29. The van der Waals surface area contributed by atoms with Gasteiger partial charge in [0.15, 0.2) is 0 Å². The summed E-state index contributed by atoms with van der Waals surface area (Å²) in [4.78, 5) is 3.19. The minimum Gasteiger partial charge on any atom is -0.374 e. The number of halogens is 2. The Bertz CT molecular complexity index is 898. The van der Waals surface area contributed by atoms with Gasteiger partial charge in [-0.2, -0.15) is 0 Å². The fourth-order valence-corrected chi connectivity index (χ4v) is 4.62. The van der Waals surface area contributed by atoms with Gasteiger partial charge in [-0.25, -0.2) is 4.39 Å². The molecule has 0 bridgehead atoms. The third-order valence-corrected chi connectivity index (χ3v) is 7.09. The molecule has 1 aromatic heterocycles. The van der Waals surface area contributed by atoms with E-state index in [4.69, 9.17) is 9.47 Å². The van der Waals surface area contributed by atoms with Gasteiger partial charge < -0.3 is 14.5 Å². The maximum atomic E-state index is 13.5. The van der Waals surface area contributed by atoms with Gasteiger partial charge in [0.1, 0.15) is 5.82 Å². The standard InChI is InChI=1S/C22H23FINO2/c1-14-9-17(13-26-12-15-5-3-2-4-6-15)27-22(21(14)24)19-11-25-20-10-16(23)7-8-18(19)20/h2-8,10-11,14,17,21-22,25H,9,12-13H2,1H3/t14-,17-,21?,22-/m0/s1. The van der Waals surface area contributed by atoms with E-state index in [1.807, 2.05) is 30.5 Å². The van der Waals surface area contributed by atoms with Crippen molar-refractivity contribution in [2.24, 2.45) is 5.92 Å². The Labute approximate surface area is 172 Å². The molecule has 4 rings (SSSR count). The summed E-state index contributed by atoms with van der Waals surface area (Å²) in [5, 5.41) is 1.03. The van der Waals surface area contributed by atoms with Gasteiger partial charge in [-0.3, -0.25) is 0 Å². The summed E-state index contributed by atoms with van der Waals surface area (Å²) in [6, 6.07) is 15.1. The first kappa shape index (κ1) is 18.9. The number of alkyl halides is 1. The average Bonchev–Trinajstić information content (AvgIpc) is 3.08. The second kappa shape index (κ2) is 8.29. The summed E-state index contributed by atoms with van der Waals surface area (Å²) in [6.07, 6.45) is 2.97. The molecule has 0 aliphatic carbocycles. The van der Waals surface area contributed by atoms with Crippen molar-refractivity contribution in [2.45, 2.75) is 36.1 Å². The van der Waals surface area contributed by atoms with E-state index in [2.05, 4.69) is 46.6 Å². The Morgan fingerprint density at radius 3 is 2.85 bits per heavy atom. The van der Waals surface area contributed by atoms with Gasteiger partial charge in [0, 0.05) is 26.6 Å². The quantitative estimate of drug-likeness (QED) is 0.371. The number of nitrogens with one attached hydrogen (secondary N) is 1. The van der Waals surface area contributed by atoms with Crippen molar-refractivity contribution >= 4 is 33.5 Å². The van der Waals surface area contributed by atoms with Crippen LogP contribution in [0.3, 0.4) is 0 Å². The first-order chi connectivity index (χ1) is 13.1. The van der Waals surface area contributed by atoms with Crippen LogP contribution in [0.5, 0.6) is 0 Å². The van der Waals surface area contributed by atoms with E-state index in [-0.39, 0.29) is 18.0 Å². The molecule has 3 nitrogen and oxygen atoms in total. The molecule has 142 valence electrons. The molecular weight excluding hydrogens is 456 g/mol. The maximum Gasteiger partial charge on any atom is 0.125 e. The number of hydrogen-bond acceptors (Lipinski definition) is 2. The summed E-state index contributed by atoms with van der Waals surface area (Å²) in [6.45, 7) is 3.45. The van der Waals surface area contributed by atoms with Crippen LogP contribution in [-0.2, 0) is 16.1 Å². The van der Waals surface area contributed by atoms with Gasteiger partial charge >= 0.3 is 0 Å². The molecule has 3 aromatic rings. The number of fused-ring (bicyclic) bond motifs is 1. The van der Waals surface area contributed by atoms with Gasteiger partial charge in [0.25, 0.3) is 0 Å². The third kappa shape index (κ3) is 4.20. The van der Waals surface area contributed by atoms with Crippen LogP contribution < -0.4 is 0 Å². The highest BCUT2D eigenvalue weighted by atomic mass is 127. The smallest absolute Gasteiger partial charge is 0.125 e. The van der Waals surface area contributed by atoms with Crippen LogP contribution in [0.4, 0.5) is 4.39 Å². The van der Waals surface area contributed by atoms with Crippen LogP contribution in [0.25, 0.3) is 10.9 Å². The van der Waals surface area contributed by atoms with Crippen LogP contribution in [-0.4, -0.2) is 21.6 Å². The van der Waals surface area contributed by atoms with E-state index in [1.54, 1.807) is 0 Å². The fraction of sp³-hybridized carbons (Fsp3) is 0.364. The van der Waals surface area contributed by atoms with Crippen LogP contribution in [0.15, 0.2) is 54.7 Å². The Morgan fingerprint density at radius 2 is 2.04 bits per heavy atom. The molecular formula is C22H23FINO2. The van der Waals surface area contributed by atoms with Gasteiger partial charge in [-0.15, -0.1) is 0 Å². The van der Waals surface area contributed by atoms with Gasteiger partial charge in [-0.05, 0) is 36.1 Å². The molecule has 5 heteroatoms. The summed E-state index contributed by atoms with van der Waals surface area (Å²) in [5.41, 5.74) is 3.08. The number of hydrogen-bond donors (Lipinski definition) is 1. The minimum atomic E-state index is -0.230. The van der Waals surface area contributed by atoms with E-state index >= 15 is 0 Å². The van der Waals surface area contributed by atoms with E-state index in [0.29, 0.717) is 23.1 Å². The van der Waals surface area contributed by atoms with E-state index < -0.39 is 0 Å². The van der Waals surface area contributed by atoms with E-state index in [9.17, 15) is 4.39 Å². The highest BCUT2D eigenvalue weighted by molar-refractivity contribution is 14.1. The lowest BCUT2D eigenvalue weighted by atomic mass is 9.90. The molecule has 1 aliphatic rings. The van der Waals surface area contributed by atoms with Crippen molar-refractivity contribution in [3.8, 4) is 0 Å². The highest BCUT2D eigenvalue weighted by Gasteiger charge is 2.37. The summed E-state index contributed by atoms with van der Waals surface area (Å²) < 4.78 is 26.2. The summed E-state index contributed by atoms with van der Waals surface area (Å²) in [7, 11) is 0. The largest absolute Gasteiger partial charge is 0.374 e. The number of H-pyrrole nitrogens is 1. The van der Waals surface area contributed by atoms with Crippen molar-refractivity contribution in [3.63, 3.8) is 0 Å². The molecule has 0 amide bonds. The molecule has 2 heterocycles. The predicted molar refractivity (Wildman–Crippen MR) is 114 cm³/mol. The van der Waals surface area contributed by atoms with Gasteiger partial charge in [-0.1, -0.05) is 59.8 Å². The van der Waals surface area contributed by atoms with Crippen molar-refractivity contribution in [3.05, 3.63) is 71.7 Å². The topological polar surface area (TPSA) is 34.2 Å². The molecule has 0 radical (unpaired) electrons. The van der Waals surface area contributed by atoms with Crippen molar-refractivity contribution < 1.29 is 13.9 Å². The lowest BCUT2D eigenvalue weighted by Crippen LogP contribution is -2.37. The molecule has 4 atom stereocenters. The first-order valence-corrected chi connectivity index (χ1v) is 10.5. The van der Waals surface area contributed by atoms with Crippen LogP contribution in [0, 0.1) is 11.7 Å². The number of benzene rings is 2. The number of ether oxygens (including phenoxy) is 2. The van der Waals surface area contributed by atoms with Crippen molar-refractivity contribution in [1.29, 1.82) is 0 Å². The van der Waals surface area contributed by atoms with Gasteiger partial charge in [0.2, 0.25) is 0 Å². The highest BCUT2D eigenvalue weighted by Crippen LogP contribution is 2.42. The second-order valence-corrected chi connectivity index (χ2v) is 8.71. The molecule has 1 fully saturated rings. The molecule has 27 heavy (non-hydrogen) atoms. The zero-order chi connectivity index (χ0) is 18.8. The Balaban J connectivity index is 1.47. The zero-order valence-corrected chi connectivity index (χ0v) is 17.4. The molecule has 1 N–H and O–H groups in total. The molecule has 1 unspecified atom stereocenters. The molecule has 0 saturated carbocycles. The summed E-state index contributed by atoms with van der Waals surface area (Å²) >= 11 is 2.49. The van der Waals surface area contributed by atoms with Gasteiger partial charge in [0.05, 0.1) is 25.4 Å². The number of rotatable bonds is 5. The maximum absolute atomic E-state index is 13.5. The molecule has 1 aliphatic heterocycles. The summed E-state index contributed by atoms with van der Waals surface area (Å²) in [5.74, 6) is 0.284.